The first-order valence-electron chi connectivity index (χ1n) is 13.2. The van der Waals surface area contributed by atoms with E-state index in [-0.39, 0.29) is 24.2 Å². The Morgan fingerprint density at radius 3 is 2.51 bits per heavy atom. The van der Waals surface area contributed by atoms with Gasteiger partial charge in [0, 0.05) is 47.1 Å². The maximum Gasteiger partial charge on any atom is 0.251 e. The lowest BCUT2D eigenvalue weighted by atomic mass is 9.86. The first-order valence-corrected chi connectivity index (χ1v) is 13.2. The van der Waals surface area contributed by atoms with Crippen molar-refractivity contribution in [2.24, 2.45) is 11.3 Å². The third-order valence-corrected chi connectivity index (χ3v) is 7.01. The molecule has 0 saturated carbocycles. The smallest absolute Gasteiger partial charge is 0.251 e. The monoisotopic (exact) mass is 532 g/mol. The van der Waals surface area contributed by atoms with Crippen molar-refractivity contribution in [3.63, 3.8) is 0 Å². The summed E-state index contributed by atoms with van der Waals surface area (Å²) in [6, 6.07) is 16.4. The highest BCUT2D eigenvalue weighted by Gasteiger charge is 2.37. The van der Waals surface area contributed by atoms with Crippen molar-refractivity contribution in [2.75, 3.05) is 13.1 Å². The largest absolute Gasteiger partial charge is 0.489 e. The van der Waals surface area contributed by atoms with Crippen LogP contribution >= 0.6 is 0 Å². The van der Waals surface area contributed by atoms with Crippen LogP contribution in [-0.4, -0.2) is 51.9 Å². The Morgan fingerprint density at radius 2 is 1.82 bits per heavy atom. The maximum absolute atomic E-state index is 13.1. The van der Waals surface area contributed by atoms with Gasteiger partial charge in [-0.2, -0.15) is 0 Å². The Hall–Kier alpha value is -3.98. The van der Waals surface area contributed by atoms with Gasteiger partial charge < -0.3 is 15.0 Å². The second kappa shape index (κ2) is 11.8. The van der Waals surface area contributed by atoms with Crippen LogP contribution in [-0.2, 0) is 16.2 Å². The summed E-state index contributed by atoms with van der Waals surface area (Å²) >= 11 is 0. The fraction of sp³-hybridized carbons (Fsp3) is 0.400. The predicted octanol–water partition coefficient (Wildman–Crippen LogP) is 4.01. The number of hydrogen-bond acceptors (Lipinski definition) is 6. The van der Waals surface area contributed by atoms with Gasteiger partial charge in [-0.3, -0.25) is 24.6 Å². The number of aromatic nitrogens is 1. The van der Waals surface area contributed by atoms with E-state index >= 15 is 0 Å². The van der Waals surface area contributed by atoms with Crippen LogP contribution in [0.4, 0.5) is 0 Å². The molecule has 0 radical (unpaired) electrons. The SMILES string of the molecule is Cc1cc(COc2ccc(C(=O)N[C@@H]3CN(C(=O)C(C)(C)C)CC[C@H]3CC(=O)NO)cc2)c2ccccc2n1. The number of rotatable bonds is 7. The highest BCUT2D eigenvalue weighted by atomic mass is 16.5. The fourth-order valence-electron chi connectivity index (χ4n) is 4.98. The second-order valence-corrected chi connectivity index (χ2v) is 11.1. The summed E-state index contributed by atoms with van der Waals surface area (Å²) in [6.45, 7) is 8.68. The number of pyridine rings is 1. The van der Waals surface area contributed by atoms with Gasteiger partial charge in [0.1, 0.15) is 12.4 Å². The number of para-hydroxylation sites is 1. The van der Waals surface area contributed by atoms with Crippen molar-refractivity contribution in [3.8, 4) is 5.75 Å². The molecule has 0 bridgehead atoms. The van der Waals surface area contributed by atoms with Crippen LogP contribution in [0, 0.1) is 18.3 Å². The Morgan fingerprint density at radius 1 is 1.10 bits per heavy atom. The van der Waals surface area contributed by atoms with E-state index < -0.39 is 17.4 Å². The zero-order valence-electron chi connectivity index (χ0n) is 22.9. The summed E-state index contributed by atoms with van der Waals surface area (Å²) in [5, 5.41) is 13.0. The minimum Gasteiger partial charge on any atom is -0.489 e. The number of piperidine rings is 1. The van der Waals surface area contributed by atoms with Gasteiger partial charge >= 0.3 is 0 Å². The second-order valence-electron chi connectivity index (χ2n) is 11.1. The molecule has 3 amide bonds. The van der Waals surface area contributed by atoms with Gasteiger partial charge in [-0.15, -0.1) is 0 Å². The standard InChI is InChI=1S/C30H36N4O5/c1-19-15-22(24-7-5-6-8-25(24)31-19)18-39-23-11-9-20(10-12-23)28(36)32-26-17-34(29(37)30(2,3)4)14-13-21(26)16-27(35)33-38/h5-12,15,21,26,38H,13-14,16-18H2,1-4H3,(H,32,36)(H,33,35)/t21-,26+/m0/s1. The number of benzene rings is 2. The number of amides is 3. The van der Waals surface area contributed by atoms with Crippen molar-refractivity contribution in [1.29, 1.82) is 0 Å². The van der Waals surface area contributed by atoms with Crippen LogP contribution in [0.15, 0.2) is 54.6 Å². The van der Waals surface area contributed by atoms with E-state index in [1.54, 1.807) is 34.6 Å². The molecule has 9 heteroatoms. The molecule has 4 rings (SSSR count). The molecule has 39 heavy (non-hydrogen) atoms. The summed E-state index contributed by atoms with van der Waals surface area (Å²) < 4.78 is 6.01. The van der Waals surface area contributed by atoms with Gasteiger partial charge in [-0.05, 0) is 55.7 Å². The minimum atomic E-state index is -0.555. The van der Waals surface area contributed by atoms with E-state index in [1.165, 1.54) is 0 Å². The van der Waals surface area contributed by atoms with Crippen LogP contribution in [0.1, 0.15) is 55.2 Å². The molecule has 0 aliphatic carbocycles. The summed E-state index contributed by atoms with van der Waals surface area (Å²) in [5.74, 6) is -0.422. The number of likely N-dealkylation sites (tertiary alicyclic amines) is 1. The quantitative estimate of drug-likeness (QED) is 0.312. The van der Waals surface area contributed by atoms with Crippen molar-refractivity contribution < 1.29 is 24.3 Å². The Bertz CT molecular complexity index is 1350. The molecule has 3 aromatic rings. The molecule has 0 unspecified atom stereocenters. The van der Waals surface area contributed by atoms with Crippen LogP contribution in [0.3, 0.4) is 0 Å². The van der Waals surface area contributed by atoms with Crippen LogP contribution < -0.4 is 15.5 Å². The van der Waals surface area contributed by atoms with E-state index in [1.807, 2.05) is 58.0 Å². The zero-order chi connectivity index (χ0) is 28.2. The molecule has 2 heterocycles. The van der Waals surface area contributed by atoms with Crippen LogP contribution in [0.25, 0.3) is 10.9 Å². The van der Waals surface area contributed by atoms with Gasteiger partial charge in [0.15, 0.2) is 0 Å². The lowest BCUT2D eigenvalue weighted by Gasteiger charge is -2.41. The van der Waals surface area contributed by atoms with Gasteiger partial charge in [-0.1, -0.05) is 39.0 Å². The Balaban J connectivity index is 1.43. The molecular weight excluding hydrogens is 496 g/mol. The number of aryl methyl sites for hydroxylation is 1. The highest BCUT2D eigenvalue weighted by Crippen LogP contribution is 2.26. The predicted molar refractivity (Wildman–Crippen MR) is 147 cm³/mol. The van der Waals surface area contributed by atoms with Gasteiger partial charge in [0.05, 0.1) is 11.6 Å². The van der Waals surface area contributed by atoms with Crippen LogP contribution in [0.2, 0.25) is 0 Å². The highest BCUT2D eigenvalue weighted by molar-refractivity contribution is 5.94. The lowest BCUT2D eigenvalue weighted by molar-refractivity contribution is -0.141. The van der Waals surface area contributed by atoms with Gasteiger partial charge in [-0.25, -0.2) is 5.48 Å². The summed E-state index contributed by atoms with van der Waals surface area (Å²) in [7, 11) is 0. The summed E-state index contributed by atoms with van der Waals surface area (Å²) in [4.78, 5) is 44.2. The Labute approximate surface area is 228 Å². The number of hydroxylamine groups is 1. The molecule has 9 nitrogen and oxygen atoms in total. The molecule has 0 spiro atoms. The fourth-order valence-corrected chi connectivity index (χ4v) is 4.98. The molecular formula is C30H36N4O5. The van der Waals surface area contributed by atoms with Crippen LogP contribution in [0.5, 0.6) is 5.75 Å². The van der Waals surface area contributed by atoms with Crippen molar-refractivity contribution in [3.05, 3.63) is 71.4 Å². The molecule has 3 N–H and O–H groups in total. The van der Waals surface area contributed by atoms with Crippen molar-refractivity contribution >= 4 is 28.6 Å². The third kappa shape index (κ3) is 6.92. The Kier molecular flexibility index (Phi) is 8.50. The van der Waals surface area contributed by atoms with Crippen molar-refractivity contribution in [2.45, 2.75) is 53.2 Å². The number of carbonyl (C=O) groups is 3. The first-order chi connectivity index (χ1) is 18.5. The topological polar surface area (TPSA) is 121 Å². The molecule has 2 aromatic carbocycles. The van der Waals surface area contributed by atoms with Gasteiger partial charge in [0.2, 0.25) is 11.8 Å². The van der Waals surface area contributed by atoms with E-state index in [0.29, 0.717) is 37.4 Å². The van der Waals surface area contributed by atoms with E-state index in [2.05, 4.69) is 10.3 Å². The molecule has 1 aliphatic rings. The molecule has 1 fully saturated rings. The molecule has 206 valence electrons. The minimum absolute atomic E-state index is 0.00881. The molecule has 1 aliphatic heterocycles. The molecule has 1 saturated heterocycles. The molecule has 2 atom stereocenters. The lowest BCUT2D eigenvalue weighted by Crippen LogP contribution is -2.56. The van der Waals surface area contributed by atoms with Gasteiger partial charge in [0.25, 0.3) is 5.91 Å². The number of ether oxygens (including phenoxy) is 1. The van der Waals surface area contributed by atoms with E-state index in [0.717, 1.165) is 22.2 Å². The summed E-state index contributed by atoms with van der Waals surface area (Å²) in [5.41, 5.74) is 4.42. The third-order valence-electron chi connectivity index (χ3n) is 7.01. The van der Waals surface area contributed by atoms with E-state index in [4.69, 9.17) is 9.94 Å². The zero-order valence-corrected chi connectivity index (χ0v) is 22.9. The average molecular weight is 533 g/mol. The number of carbonyl (C=O) groups excluding carboxylic acids is 3. The number of fused-ring (bicyclic) bond motifs is 1. The number of nitrogens with zero attached hydrogens (tertiary/aromatic N) is 2. The number of hydrogen-bond donors (Lipinski definition) is 3. The maximum atomic E-state index is 13.1. The normalized spacial score (nSPS) is 17.5. The summed E-state index contributed by atoms with van der Waals surface area (Å²) in [6.07, 6.45) is 0.588. The number of nitrogens with one attached hydrogen (secondary N) is 2. The first kappa shape index (κ1) is 28.0. The average Bonchev–Trinajstić information content (AvgIpc) is 2.91. The molecule has 1 aromatic heterocycles. The van der Waals surface area contributed by atoms with Crippen molar-refractivity contribution in [1.82, 2.24) is 20.7 Å². The van der Waals surface area contributed by atoms with E-state index in [9.17, 15) is 14.4 Å².